The number of benzene rings is 1. The maximum absolute atomic E-state index is 12.7. The molecule has 0 heterocycles. The topological polar surface area (TPSA) is 52.6 Å². The summed E-state index contributed by atoms with van der Waals surface area (Å²) < 4.78 is 11.2. The van der Waals surface area contributed by atoms with Crippen molar-refractivity contribution < 1.29 is 19.1 Å². The van der Waals surface area contributed by atoms with Gasteiger partial charge in [0.1, 0.15) is 0 Å². The van der Waals surface area contributed by atoms with E-state index in [2.05, 4.69) is 27.7 Å². The van der Waals surface area contributed by atoms with Gasteiger partial charge in [-0.05, 0) is 36.8 Å². The van der Waals surface area contributed by atoms with Gasteiger partial charge in [-0.25, -0.2) is 9.59 Å². The Balaban J connectivity index is 2.59. The predicted molar refractivity (Wildman–Crippen MR) is 132 cm³/mol. The Kier molecular flexibility index (Phi) is 15.6. The molecule has 1 aromatic rings. The lowest BCUT2D eigenvalue weighted by Gasteiger charge is -2.17. The number of unbranched alkanes of at least 4 members (excludes halogenated alkanes) is 6. The van der Waals surface area contributed by atoms with Crippen molar-refractivity contribution in [2.24, 2.45) is 11.8 Å². The van der Waals surface area contributed by atoms with Crippen LogP contribution in [-0.2, 0) is 9.47 Å². The van der Waals surface area contributed by atoms with E-state index in [1.165, 1.54) is 51.4 Å². The van der Waals surface area contributed by atoms with Gasteiger partial charge in [0.25, 0.3) is 0 Å². The van der Waals surface area contributed by atoms with Crippen LogP contribution in [0.4, 0.5) is 0 Å². The van der Waals surface area contributed by atoms with Crippen molar-refractivity contribution in [3.8, 4) is 0 Å². The molecule has 0 saturated heterocycles. The molecule has 0 saturated carbocycles. The molecule has 4 nitrogen and oxygen atoms in total. The molecule has 32 heavy (non-hydrogen) atoms. The number of hydrogen-bond acceptors (Lipinski definition) is 4. The molecule has 0 aliphatic carbocycles. The molecular formula is C28H46O4. The van der Waals surface area contributed by atoms with Crippen LogP contribution in [0.2, 0.25) is 0 Å². The first kappa shape index (κ1) is 28.2. The average Bonchev–Trinajstić information content (AvgIpc) is 2.82. The van der Waals surface area contributed by atoms with E-state index < -0.39 is 11.9 Å². The van der Waals surface area contributed by atoms with E-state index >= 15 is 0 Å². The highest BCUT2D eigenvalue weighted by molar-refractivity contribution is 6.03. The smallest absolute Gasteiger partial charge is 0.339 e. The first-order chi connectivity index (χ1) is 15.6. The third-order valence-corrected chi connectivity index (χ3v) is 6.35. The second-order valence-electron chi connectivity index (χ2n) is 8.99. The monoisotopic (exact) mass is 446 g/mol. The summed E-state index contributed by atoms with van der Waals surface area (Å²) in [4.78, 5) is 25.5. The molecule has 1 rings (SSSR count). The molecule has 4 heteroatoms. The lowest BCUT2D eigenvalue weighted by molar-refractivity contribution is 0.0381. The van der Waals surface area contributed by atoms with E-state index in [-0.39, 0.29) is 0 Å². The Morgan fingerprint density at radius 1 is 0.656 bits per heavy atom. The molecule has 0 bridgehead atoms. The first-order valence-corrected chi connectivity index (χ1v) is 13.0. The van der Waals surface area contributed by atoms with Crippen LogP contribution >= 0.6 is 0 Å². The number of rotatable bonds is 18. The summed E-state index contributed by atoms with van der Waals surface area (Å²) in [6.07, 6.45) is 13.9. The zero-order chi connectivity index (χ0) is 23.6. The molecule has 0 amide bonds. The van der Waals surface area contributed by atoms with Crippen LogP contribution in [0.25, 0.3) is 0 Å². The van der Waals surface area contributed by atoms with Crippen molar-refractivity contribution in [3.63, 3.8) is 0 Å². The Morgan fingerprint density at radius 2 is 1.06 bits per heavy atom. The average molecular weight is 447 g/mol. The van der Waals surface area contributed by atoms with Crippen molar-refractivity contribution in [2.45, 2.75) is 105 Å². The van der Waals surface area contributed by atoms with Gasteiger partial charge in [0.05, 0.1) is 24.3 Å². The van der Waals surface area contributed by atoms with Crippen LogP contribution in [0.5, 0.6) is 0 Å². The third-order valence-electron chi connectivity index (χ3n) is 6.35. The fourth-order valence-corrected chi connectivity index (χ4v) is 3.91. The molecule has 1 aromatic carbocycles. The van der Waals surface area contributed by atoms with Gasteiger partial charge in [0.2, 0.25) is 0 Å². The van der Waals surface area contributed by atoms with E-state index in [4.69, 9.17) is 9.47 Å². The normalized spacial score (nSPS) is 12.9. The second kappa shape index (κ2) is 17.7. The summed E-state index contributed by atoms with van der Waals surface area (Å²) in [7, 11) is 0. The van der Waals surface area contributed by atoms with Crippen LogP contribution in [0.3, 0.4) is 0 Å². The predicted octanol–water partition coefficient (Wildman–Crippen LogP) is 7.99. The van der Waals surface area contributed by atoms with Crippen molar-refractivity contribution in [1.29, 1.82) is 0 Å². The van der Waals surface area contributed by atoms with E-state index in [9.17, 15) is 9.59 Å². The number of carbonyl (C=O) groups is 2. The maximum Gasteiger partial charge on any atom is 0.339 e. The highest BCUT2D eigenvalue weighted by Gasteiger charge is 2.21. The number of ether oxygens (including phenoxy) is 2. The first-order valence-electron chi connectivity index (χ1n) is 13.0. The van der Waals surface area contributed by atoms with Crippen LogP contribution in [0, 0.1) is 11.8 Å². The van der Waals surface area contributed by atoms with Crippen LogP contribution in [0.1, 0.15) is 125 Å². The van der Waals surface area contributed by atoms with E-state index in [0.717, 1.165) is 25.7 Å². The summed E-state index contributed by atoms with van der Waals surface area (Å²) in [5, 5.41) is 0. The van der Waals surface area contributed by atoms with Gasteiger partial charge in [-0.15, -0.1) is 0 Å². The van der Waals surface area contributed by atoms with E-state index in [1.807, 2.05) is 0 Å². The fourth-order valence-electron chi connectivity index (χ4n) is 3.91. The molecule has 182 valence electrons. The zero-order valence-corrected chi connectivity index (χ0v) is 21.0. The lowest BCUT2D eigenvalue weighted by Crippen LogP contribution is -2.19. The highest BCUT2D eigenvalue weighted by atomic mass is 16.5. The number of esters is 2. The third kappa shape index (κ3) is 11.2. The minimum absolute atomic E-state index is 0.300. The molecule has 0 spiro atoms. The Labute approximate surface area is 196 Å². The van der Waals surface area contributed by atoms with Crippen LogP contribution in [0.15, 0.2) is 24.3 Å². The van der Waals surface area contributed by atoms with Crippen molar-refractivity contribution >= 4 is 11.9 Å². The van der Waals surface area contributed by atoms with Gasteiger partial charge >= 0.3 is 11.9 Å². The lowest BCUT2D eigenvalue weighted by atomic mass is 9.99. The summed E-state index contributed by atoms with van der Waals surface area (Å²) in [6.45, 7) is 9.49. The fraction of sp³-hybridized carbons (Fsp3) is 0.714. The van der Waals surface area contributed by atoms with Gasteiger partial charge in [-0.1, -0.05) is 104 Å². The van der Waals surface area contributed by atoms with Gasteiger partial charge in [-0.2, -0.15) is 0 Å². The molecule has 0 aromatic heterocycles. The molecule has 0 radical (unpaired) electrons. The van der Waals surface area contributed by atoms with E-state index in [1.54, 1.807) is 24.3 Å². The summed E-state index contributed by atoms with van der Waals surface area (Å²) in [6, 6.07) is 6.84. The largest absolute Gasteiger partial charge is 0.462 e. The maximum atomic E-state index is 12.7. The summed E-state index contributed by atoms with van der Waals surface area (Å²) >= 11 is 0. The van der Waals surface area contributed by atoms with E-state index in [0.29, 0.717) is 36.2 Å². The Morgan fingerprint density at radius 3 is 1.41 bits per heavy atom. The Bertz CT molecular complexity index is 585. The molecular weight excluding hydrogens is 400 g/mol. The summed E-state index contributed by atoms with van der Waals surface area (Å²) in [5.74, 6) is -0.131. The van der Waals surface area contributed by atoms with Gasteiger partial charge < -0.3 is 9.47 Å². The number of carbonyl (C=O) groups excluding carboxylic acids is 2. The molecule has 2 unspecified atom stereocenters. The minimum Gasteiger partial charge on any atom is -0.462 e. The van der Waals surface area contributed by atoms with Gasteiger partial charge in [0, 0.05) is 0 Å². The van der Waals surface area contributed by atoms with Crippen LogP contribution < -0.4 is 0 Å². The standard InChI is InChI=1S/C28H46O4/c1-5-9-11-13-17-23(7-3)21-31-27(29)25-19-15-16-20-26(25)28(30)32-22-24(8-4)18-14-12-10-6-2/h15-16,19-20,23-24H,5-14,17-18,21-22H2,1-4H3. The number of hydrogen-bond donors (Lipinski definition) is 0. The highest BCUT2D eigenvalue weighted by Crippen LogP contribution is 2.19. The summed E-state index contributed by atoms with van der Waals surface area (Å²) in [5.41, 5.74) is 0.601. The zero-order valence-electron chi connectivity index (χ0n) is 21.0. The minimum atomic E-state index is -0.434. The quantitative estimate of drug-likeness (QED) is 0.169. The van der Waals surface area contributed by atoms with Crippen molar-refractivity contribution in [1.82, 2.24) is 0 Å². The van der Waals surface area contributed by atoms with Gasteiger partial charge in [-0.3, -0.25) is 0 Å². The van der Waals surface area contributed by atoms with Crippen molar-refractivity contribution in [2.75, 3.05) is 13.2 Å². The second-order valence-corrected chi connectivity index (χ2v) is 8.99. The van der Waals surface area contributed by atoms with Crippen molar-refractivity contribution in [3.05, 3.63) is 35.4 Å². The molecule has 2 atom stereocenters. The molecule has 0 fully saturated rings. The van der Waals surface area contributed by atoms with Gasteiger partial charge in [0.15, 0.2) is 0 Å². The molecule has 0 N–H and O–H groups in total. The SMILES string of the molecule is CCCCCCC(CC)COC(=O)c1ccccc1C(=O)OCC(CC)CCCCCC. The van der Waals surface area contributed by atoms with Crippen LogP contribution in [-0.4, -0.2) is 25.2 Å². The molecule has 0 aliphatic heterocycles. The molecule has 0 aliphatic rings. The Hall–Kier alpha value is -1.84.